The zero-order valence-electron chi connectivity index (χ0n) is 19.7. The summed E-state index contributed by atoms with van der Waals surface area (Å²) in [6, 6.07) is 4.01. The summed E-state index contributed by atoms with van der Waals surface area (Å²) in [6.45, 7) is 3.36. The number of hydrogen-bond donors (Lipinski definition) is 2. The number of nitrogens with one attached hydrogen (secondary N) is 1. The molecule has 0 unspecified atom stereocenters. The molecule has 1 saturated heterocycles. The molecule has 3 N–H and O–H groups in total. The van der Waals surface area contributed by atoms with Crippen LogP contribution in [0.2, 0.25) is 0 Å². The largest absolute Gasteiger partial charge is 0.354 e. The smallest absolute Gasteiger partial charge is 0.327 e. The summed E-state index contributed by atoms with van der Waals surface area (Å²) in [5.74, 6) is 0.929. The van der Waals surface area contributed by atoms with E-state index in [-0.39, 0.29) is 48.9 Å². The first-order valence-electron chi connectivity index (χ1n) is 11.6. The highest BCUT2D eigenvalue weighted by Crippen LogP contribution is 2.29. The van der Waals surface area contributed by atoms with Crippen molar-refractivity contribution in [3.63, 3.8) is 0 Å². The molecule has 1 aliphatic heterocycles. The summed E-state index contributed by atoms with van der Waals surface area (Å²) >= 11 is 0. The van der Waals surface area contributed by atoms with Crippen LogP contribution in [0.4, 0.5) is 10.6 Å². The standard InChI is InChI=1S/C23H32N8O2.ClH/c1-15-8-11-30(20(32)7-10-24)13-19(15)29(2)21-18-9-12-31(22(18)27-14-26-21)23(33)28-17-5-3-16(25)4-6-17;/h9,12,14-17,19H,3-8,11,13,25H2,1-2H3,(H,28,33);1H/t15-,16?,17?,19+;/m1./s1. The van der Waals surface area contributed by atoms with Gasteiger partial charge >= 0.3 is 6.03 Å². The van der Waals surface area contributed by atoms with Gasteiger partial charge in [0.2, 0.25) is 5.91 Å². The van der Waals surface area contributed by atoms with Gasteiger partial charge in [0.25, 0.3) is 0 Å². The van der Waals surface area contributed by atoms with Crippen LogP contribution < -0.4 is 16.0 Å². The highest BCUT2D eigenvalue weighted by Gasteiger charge is 2.33. The molecule has 2 aliphatic rings. The van der Waals surface area contributed by atoms with Crippen molar-refractivity contribution < 1.29 is 9.59 Å². The lowest BCUT2D eigenvalue weighted by Gasteiger charge is -2.42. The molecule has 2 atom stereocenters. The Balaban J connectivity index is 0.00000324. The molecular formula is C23H33ClN8O2. The van der Waals surface area contributed by atoms with Crippen LogP contribution in [0.25, 0.3) is 11.0 Å². The van der Waals surface area contributed by atoms with Crippen LogP contribution in [0.15, 0.2) is 18.6 Å². The Morgan fingerprint density at radius 2 is 2.00 bits per heavy atom. The number of nitriles is 1. The van der Waals surface area contributed by atoms with Gasteiger partial charge in [-0.1, -0.05) is 6.92 Å². The van der Waals surface area contributed by atoms with Gasteiger partial charge < -0.3 is 20.9 Å². The van der Waals surface area contributed by atoms with Gasteiger partial charge in [0, 0.05) is 38.4 Å². The molecule has 34 heavy (non-hydrogen) atoms. The third kappa shape index (κ3) is 5.26. The van der Waals surface area contributed by atoms with Crippen molar-refractivity contribution in [2.24, 2.45) is 11.7 Å². The molecule has 1 aliphatic carbocycles. The Kier molecular flexibility index (Phi) is 8.33. The summed E-state index contributed by atoms with van der Waals surface area (Å²) in [5.41, 5.74) is 6.53. The first kappa shape index (κ1) is 25.7. The van der Waals surface area contributed by atoms with Gasteiger partial charge in [0.1, 0.15) is 18.6 Å². The Hall–Kier alpha value is -2.90. The second-order valence-electron chi connectivity index (χ2n) is 9.30. The first-order valence-corrected chi connectivity index (χ1v) is 11.6. The van der Waals surface area contributed by atoms with Crippen molar-refractivity contribution >= 4 is 41.2 Å². The van der Waals surface area contributed by atoms with E-state index in [1.165, 1.54) is 10.9 Å². The lowest BCUT2D eigenvalue weighted by molar-refractivity contribution is -0.131. The van der Waals surface area contributed by atoms with Crippen molar-refractivity contribution in [1.29, 1.82) is 5.26 Å². The summed E-state index contributed by atoms with van der Waals surface area (Å²) in [7, 11) is 1.96. The molecule has 0 bridgehead atoms. The number of fused-ring (bicyclic) bond motifs is 1. The predicted octanol–water partition coefficient (Wildman–Crippen LogP) is 2.27. The number of anilines is 1. The summed E-state index contributed by atoms with van der Waals surface area (Å²) in [6.07, 6.45) is 7.56. The molecule has 10 nitrogen and oxygen atoms in total. The minimum atomic E-state index is -0.197. The predicted molar refractivity (Wildman–Crippen MR) is 132 cm³/mol. The molecule has 0 spiro atoms. The maximum atomic E-state index is 13.0. The number of rotatable bonds is 4. The fourth-order valence-electron chi connectivity index (χ4n) is 5.01. The van der Waals surface area contributed by atoms with Gasteiger partial charge in [-0.05, 0) is 44.1 Å². The Bertz CT molecular complexity index is 1060. The van der Waals surface area contributed by atoms with Crippen molar-refractivity contribution in [1.82, 2.24) is 24.8 Å². The SMILES string of the molecule is C[C@@H]1CCN(C(=O)CC#N)C[C@@H]1N(C)c1ncnc2c1ccn2C(=O)NC1CCC(N)CC1.Cl. The zero-order valence-corrected chi connectivity index (χ0v) is 20.5. The fourth-order valence-corrected chi connectivity index (χ4v) is 5.01. The molecular weight excluding hydrogens is 456 g/mol. The van der Waals surface area contributed by atoms with E-state index in [1.807, 2.05) is 19.2 Å². The second kappa shape index (κ2) is 11.0. The van der Waals surface area contributed by atoms with Gasteiger partial charge in [-0.2, -0.15) is 5.26 Å². The summed E-state index contributed by atoms with van der Waals surface area (Å²) in [5, 5.41) is 12.8. The number of hydrogen-bond acceptors (Lipinski definition) is 7. The molecule has 0 radical (unpaired) electrons. The number of likely N-dealkylation sites (N-methyl/N-ethyl adjacent to an activating group) is 1. The van der Waals surface area contributed by atoms with E-state index >= 15 is 0 Å². The normalized spacial score (nSPS) is 24.7. The van der Waals surface area contributed by atoms with Crippen LogP contribution >= 0.6 is 12.4 Å². The first-order chi connectivity index (χ1) is 15.9. The average molecular weight is 489 g/mol. The third-order valence-corrected chi connectivity index (χ3v) is 7.11. The van der Waals surface area contributed by atoms with E-state index in [0.717, 1.165) is 43.3 Å². The van der Waals surface area contributed by atoms with Gasteiger partial charge in [-0.25, -0.2) is 14.8 Å². The highest BCUT2D eigenvalue weighted by molar-refractivity contribution is 5.95. The van der Waals surface area contributed by atoms with Crippen molar-refractivity contribution in [2.45, 2.75) is 63.6 Å². The van der Waals surface area contributed by atoms with Crippen molar-refractivity contribution in [2.75, 3.05) is 25.0 Å². The lowest BCUT2D eigenvalue weighted by atomic mass is 9.92. The zero-order chi connectivity index (χ0) is 23.5. The molecule has 184 valence electrons. The molecule has 11 heteroatoms. The molecule has 2 amide bonds. The number of carbonyl (C=O) groups excluding carboxylic acids is 2. The topological polar surface area (TPSA) is 133 Å². The van der Waals surface area contributed by atoms with Crippen LogP contribution in [0.1, 0.15) is 45.4 Å². The second-order valence-corrected chi connectivity index (χ2v) is 9.30. The Morgan fingerprint density at radius 1 is 1.26 bits per heavy atom. The third-order valence-electron chi connectivity index (χ3n) is 7.11. The number of likely N-dealkylation sites (tertiary alicyclic amines) is 1. The number of piperidine rings is 1. The molecule has 2 aromatic rings. The van der Waals surface area contributed by atoms with Crippen molar-refractivity contribution in [3.05, 3.63) is 18.6 Å². The number of nitrogens with zero attached hydrogens (tertiary/aromatic N) is 6. The molecule has 3 heterocycles. The highest BCUT2D eigenvalue weighted by atomic mass is 35.5. The average Bonchev–Trinajstić information content (AvgIpc) is 3.25. The van der Waals surface area contributed by atoms with Gasteiger partial charge in [-0.15, -0.1) is 12.4 Å². The van der Waals surface area contributed by atoms with E-state index in [1.54, 1.807) is 11.1 Å². The lowest BCUT2D eigenvalue weighted by Crippen LogP contribution is -2.52. The number of nitrogens with two attached hydrogens (primary N) is 1. The van der Waals surface area contributed by atoms with E-state index in [0.29, 0.717) is 24.7 Å². The minimum Gasteiger partial charge on any atom is -0.354 e. The van der Waals surface area contributed by atoms with E-state index in [2.05, 4.69) is 27.1 Å². The van der Waals surface area contributed by atoms with E-state index < -0.39 is 0 Å². The summed E-state index contributed by atoms with van der Waals surface area (Å²) in [4.78, 5) is 38.0. The van der Waals surface area contributed by atoms with E-state index in [9.17, 15) is 9.59 Å². The number of aromatic nitrogens is 3. The molecule has 2 fully saturated rings. The fraction of sp³-hybridized carbons (Fsp3) is 0.609. The monoisotopic (exact) mass is 488 g/mol. The summed E-state index contributed by atoms with van der Waals surface area (Å²) < 4.78 is 1.54. The maximum absolute atomic E-state index is 13.0. The molecule has 1 saturated carbocycles. The van der Waals surface area contributed by atoms with Crippen LogP contribution in [0.5, 0.6) is 0 Å². The number of amides is 2. The quantitative estimate of drug-likeness (QED) is 0.674. The Labute approximate surface area is 205 Å². The van der Waals surface area contributed by atoms with Gasteiger partial charge in [-0.3, -0.25) is 9.36 Å². The van der Waals surface area contributed by atoms with Crippen molar-refractivity contribution in [3.8, 4) is 6.07 Å². The Morgan fingerprint density at radius 3 is 2.71 bits per heavy atom. The van der Waals surface area contributed by atoms with Gasteiger partial charge in [0.15, 0.2) is 5.65 Å². The van der Waals surface area contributed by atoms with Crippen LogP contribution in [-0.4, -0.2) is 69.6 Å². The number of carbonyl (C=O) groups is 2. The van der Waals surface area contributed by atoms with Crippen LogP contribution in [0, 0.1) is 17.2 Å². The van der Waals surface area contributed by atoms with Crippen LogP contribution in [-0.2, 0) is 4.79 Å². The number of halogens is 1. The maximum Gasteiger partial charge on any atom is 0.327 e. The molecule has 0 aromatic carbocycles. The molecule has 4 rings (SSSR count). The van der Waals surface area contributed by atoms with Crippen LogP contribution in [0.3, 0.4) is 0 Å². The molecule has 2 aromatic heterocycles. The van der Waals surface area contributed by atoms with Gasteiger partial charge in [0.05, 0.1) is 17.5 Å². The van der Waals surface area contributed by atoms with E-state index in [4.69, 9.17) is 11.0 Å². The minimum absolute atomic E-state index is 0.